The van der Waals surface area contributed by atoms with E-state index >= 15 is 0 Å². The van der Waals surface area contributed by atoms with Crippen molar-refractivity contribution in [3.8, 4) is 0 Å². The highest BCUT2D eigenvalue weighted by Crippen LogP contribution is 1.92. The molecule has 0 rings (SSSR count). The quantitative estimate of drug-likeness (QED) is 0.255. The van der Waals surface area contributed by atoms with Gasteiger partial charge in [-0.05, 0) is 19.9 Å². The van der Waals surface area contributed by atoms with Gasteiger partial charge in [0.1, 0.15) is 0 Å². The number of aldehydes is 1. The summed E-state index contributed by atoms with van der Waals surface area (Å²) in [6.45, 7) is 3.39. The van der Waals surface area contributed by atoms with Gasteiger partial charge in [-0.25, -0.2) is 0 Å². The minimum atomic E-state index is -0.236. The monoisotopic (exact) mass is 138 g/mol. The van der Waals surface area contributed by atoms with Crippen molar-refractivity contribution in [3.63, 3.8) is 0 Å². The molecule has 0 aromatic rings. The zero-order chi connectivity index (χ0) is 7.98. The largest absolute Gasteiger partial charge is 0.298 e. The molecular formula is C8H10O2. The number of carbonyl (C=O) groups excluding carboxylic acids is 2. The third-order valence-corrected chi connectivity index (χ3v) is 1.04. The molecule has 0 atom stereocenters. The fraction of sp³-hybridized carbons (Fsp3) is 0.250. The van der Waals surface area contributed by atoms with E-state index < -0.39 is 0 Å². The Morgan fingerprint density at radius 2 is 1.90 bits per heavy atom. The Hall–Kier alpha value is -1.18. The van der Waals surface area contributed by atoms with E-state index in [1.54, 1.807) is 19.9 Å². The van der Waals surface area contributed by atoms with E-state index in [9.17, 15) is 9.59 Å². The minimum absolute atomic E-state index is 0.207. The molecule has 0 heterocycles. The highest BCUT2D eigenvalue weighted by molar-refractivity contribution is 6.16. The summed E-state index contributed by atoms with van der Waals surface area (Å²) in [5, 5.41) is 0. The molecule has 0 radical (unpaired) electrons. The molecule has 0 bridgehead atoms. The number of hydrogen-bond donors (Lipinski definition) is 0. The molecule has 0 aromatic heterocycles. The van der Waals surface area contributed by atoms with Crippen LogP contribution in [0, 0.1) is 0 Å². The molecule has 0 aromatic carbocycles. The van der Waals surface area contributed by atoms with Crippen LogP contribution in [0.5, 0.6) is 0 Å². The molecule has 0 saturated carbocycles. The first-order valence-corrected chi connectivity index (χ1v) is 3.04. The van der Waals surface area contributed by atoms with Crippen LogP contribution < -0.4 is 0 Å². The fourth-order valence-corrected chi connectivity index (χ4v) is 0.516. The first kappa shape index (κ1) is 8.82. The second-order valence-corrected chi connectivity index (χ2v) is 1.73. The highest BCUT2D eigenvalue weighted by atomic mass is 16.1. The first-order valence-electron chi connectivity index (χ1n) is 3.04. The highest BCUT2D eigenvalue weighted by Gasteiger charge is 2.00. The smallest absolute Gasteiger partial charge is 0.188 e. The lowest BCUT2D eigenvalue weighted by molar-refractivity contribution is -0.114. The van der Waals surface area contributed by atoms with Gasteiger partial charge >= 0.3 is 0 Å². The molecule has 0 aliphatic carbocycles. The van der Waals surface area contributed by atoms with E-state index in [1.165, 1.54) is 12.2 Å². The summed E-state index contributed by atoms with van der Waals surface area (Å²) in [4.78, 5) is 20.9. The van der Waals surface area contributed by atoms with Gasteiger partial charge in [-0.2, -0.15) is 0 Å². The lowest BCUT2D eigenvalue weighted by Gasteiger charge is -1.87. The first-order chi connectivity index (χ1) is 4.76. The number of ketones is 1. The summed E-state index contributed by atoms with van der Waals surface area (Å²) >= 11 is 0. The van der Waals surface area contributed by atoms with Crippen LogP contribution in [0.4, 0.5) is 0 Å². The van der Waals surface area contributed by atoms with Crippen LogP contribution >= 0.6 is 0 Å². The maximum atomic E-state index is 10.8. The summed E-state index contributed by atoms with van der Waals surface area (Å²) in [6, 6.07) is 0. The molecule has 0 aliphatic heterocycles. The van der Waals surface area contributed by atoms with Crippen LogP contribution in [-0.4, -0.2) is 12.1 Å². The molecular weight excluding hydrogens is 128 g/mol. The lowest BCUT2D eigenvalue weighted by atomic mass is 10.2. The molecule has 0 amide bonds. The van der Waals surface area contributed by atoms with Gasteiger partial charge in [-0.3, -0.25) is 9.59 Å². The average Bonchev–Trinajstić information content (AvgIpc) is 1.91. The van der Waals surface area contributed by atoms with Crippen molar-refractivity contribution < 1.29 is 9.59 Å². The van der Waals surface area contributed by atoms with E-state index in [0.29, 0.717) is 6.29 Å². The Balaban J connectivity index is 4.32. The third-order valence-electron chi connectivity index (χ3n) is 1.04. The van der Waals surface area contributed by atoms with Crippen LogP contribution in [0.15, 0.2) is 23.8 Å². The van der Waals surface area contributed by atoms with Crippen molar-refractivity contribution >= 4 is 12.1 Å². The van der Waals surface area contributed by atoms with E-state index in [2.05, 4.69) is 0 Å². The van der Waals surface area contributed by atoms with Gasteiger partial charge in [0.05, 0.1) is 5.57 Å². The SMILES string of the molecule is CC=C(C=O)C(=O)/C=C/C. The molecule has 0 unspecified atom stereocenters. The number of carbonyl (C=O) groups is 2. The number of rotatable bonds is 3. The normalized spacial score (nSPS) is 12.0. The fourth-order valence-electron chi connectivity index (χ4n) is 0.516. The second-order valence-electron chi connectivity index (χ2n) is 1.73. The molecule has 0 fully saturated rings. The van der Waals surface area contributed by atoms with Crippen LogP contribution in [0.25, 0.3) is 0 Å². The van der Waals surface area contributed by atoms with Gasteiger partial charge < -0.3 is 0 Å². The molecule has 54 valence electrons. The van der Waals surface area contributed by atoms with Gasteiger partial charge in [0.25, 0.3) is 0 Å². The van der Waals surface area contributed by atoms with Gasteiger partial charge in [0.2, 0.25) is 0 Å². The molecule has 0 saturated heterocycles. The zero-order valence-electron chi connectivity index (χ0n) is 6.13. The second kappa shape index (κ2) is 4.68. The van der Waals surface area contributed by atoms with Gasteiger partial charge in [0, 0.05) is 0 Å². The van der Waals surface area contributed by atoms with E-state index in [1.807, 2.05) is 0 Å². The maximum Gasteiger partial charge on any atom is 0.188 e. The third kappa shape index (κ3) is 2.40. The Labute approximate surface area is 60.2 Å². The summed E-state index contributed by atoms with van der Waals surface area (Å²) in [6.07, 6.45) is 5.02. The summed E-state index contributed by atoms with van der Waals surface area (Å²) < 4.78 is 0. The van der Waals surface area contributed by atoms with Crippen molar-refractivity contribution in [2.75, 3.05) is 0 Å². The molecule has 10 heavy (non-hydrogen) atoms. The van der Waals surface area contributed by atoms with Crippen LogP contribution in [-0.2, 0) is 9.59 Å². The van der Waals surface area contributed by atoms with Gasteiger partial charge in [0.15, 0.2) is 12.1 Å². The molecule has 2 nitrogen and oxygen atoms in total. The standard InChI is InChI=1S/C8H10O2/c1-3-5-8(10)7(4-2)6-9/h3-6H,1-2H3/b5-3+,7-4?. The Morgan fingerprint density at radius 1 is 1.30 bits per heavy atom. The summed E-state index contributed by atoms with van der Waals surface area (Å²) in [5.74, 6) is -0.236. The van der Waals surface area contributed by atoms with Crippen LogP contribution in [0.2, 0.25) is 0 Å². The van der Waals surface area contributed by atoms with Gasteiger partial charge in [-0.1, -0.05) is 12.2 Å². The summed E-state index contributed by atoms with van der Waals surface area (Å²) in [5.41, 5.74) is 0.207. The Morgan fingerprint density at radius 3 is 2.20 bits per heavy atom. The predicted molar refractivity (Wildman–Crippen MR) is 39.6 cm³/mol. The van der Waals surface area contributed by atoms with Crippen molar-refractivity contribution in [2.24, 2.45) is 0 Å². The van der Waals surface area contributed by atoms with Crippen LogP contribution in [0.1, 0.15) is 13.8 Å². The lowest BCUT2D eigenvalue weighted by Crippen LogP contribution is -1.98. The van der Waals surface area contributed by atoms with E-state index in [0.717, 1.165) is 0 Å². The maximum absolute atomic E-state index is 10.8. The van der Waals surface area contributed by atoms with Crippen molar-refractivity contribution in [3.05, 3.63) is 23.8 Å². The Kier molecular flexibility index (Phi) is 4.12. The zero-order valence-corrected chi connectivity index (χ0v) is 6.13. The summed E-state index contributed by atoms with van der Waals surface area (Å²) in [7, 11) is 0. The van der Waals surface area contributed by atoms with E-state index in [4.69, 9.17) is 0 Å². The topological polar surface area (TPSA) is 34.1 Å². The number of hydrogen-bond acceptors (Lipinski definition) is 2. The van der Waals surface area contributed by atoms with Gasteiger partial charge in [-0.15, -0.1) is 0 Å². The average molecular weight is 138 g/mol. The molecule has 0 N–H and O–H groups in total. The minimum Gasteiger partial charge on any atom is -0.298 e. The van der Waals surface area contributed by atoms with Crippen molar-refractivity contribution in [1.82, 2.24) is 0 Å². The molecule has 0 aliphatic rings. The van der Waals surface area contributed by atoms with Crippen molar-refractivity contribution in [2.45, 2.75) is 13.8 Å². The Bertz CT molecular complexity index is 187. The van der Waals surface area contributed by atoms with Crippen molar-refractivity contribution in [1.29, 1.82) is 0 Å². The molecule has 2 heteroatoms. The van der Waals surface area contributed by atoms with Crippen LogP contribution in [0.3, 0.4) is 0 Å². The predicted octanol–water partition coefficient (Wildman–Crippen LogP) is 1.28. The number of allylic oxidation sites excluding steroid dienone is 4. The molecule has 0 spiro atoms. The van der Waals surface area contributed by atoms with E-state index in [-0.39, 0.29) is 11.4 Å².